The molecule has 27 heavy (non-hydrogen) atoms. The number of nitrogens with two attached hydrogens (primary N) is 1. The van der Waals surface area contributed by atoms with Gasteiger partial charge in [0.25, 0.3) is 0 Å². The zero-order valence-corrected chi connectivity index (χ0v) is 15.9. The Kier molecular flexibility index (Phi) is 5.27. The van der Waals surface area contributed by atoms with E-state index in [1.165, 1.54) is 6.07 Å². The van der Waals surface area contributed by atoms with E-state index in [1.807, 2.05) is 0 Å². The molecule has 8 nitrogen and oxygen atoms in total. The Morgan fingerprint density at radius 3 is 2.78 bits per heavy atom. The van der Waals surface area contributed by atoms with Gasteiger partial charge in [0.1, 0.15) is 27.2 Å². The standard InChI is InChI=1S/C17H23FN4O4S/c1-27(24,25)11-3-10-26-16(23)22-8-6-17(7-9-22)20-13-5-2-4-12(18)14(13)15(19)21-17/h2,4-5,20H,3,6-11H2,1H3,(H2,19,21). The lowest BCUT2D eigenvalue weighted by Gasteiger charge is -2.42. The maximum Gasteiger partial charge on any atom is 0.409 e. The van der Waals surface area contributed by atoms with E-state index in [-0.39, 0.29) is 30.2 Å². The molecule has 1 aromatic rings. The van der Waals surface area contributed by atoms with E-state index in [1.54, 1.807) is 17.0 Å². The van der Waals surface area contributed by atoms with Gasteiger partial charge in [-0.15, -0.1) is 0 Å². The summed E-state index contributed by atoms with van der Waals surface area (Å²) < 4.78 is 41.3. The van der Waals surface area contributed by atoms with Crippen LogP contribution in [0.3, 0.4) is 0 Å². The van der Waals surface area contributed by atoms with Crippen LogP contribution in [-0.4, -0.2) is 62.6 Å². The largest absolute Gasteiger partial charge is 0.449 e. The molecule has 0 bridgehead atoms. The van der Waals surface area contributed by atoms with Crippen molar-refractivity contribution in [3.63, 3.8) is 0 Å². The molecule has 1 saturated heterocycles. The van der Waals surface area contributed by atoms with E-state index in [4.69, 9.17) is 10.5 Å². The number of anilines is 1. The van der Waals surface area contributed by atoms with Crippen LogP contribution in [0.5, 0.6) is 0 Å². The summed E-state index contributed by atoms with van der Waals surface area (Å²) in [6.45, 7) is 0.863. The molecule has 3 N–H and O–H groups in total. The summed E-state index contributed by atoms with van der Waals surface area (Å²) in [5, 5.41) is 3.26. The van der Waals surface area contributed by atoms with E-state index in [0.29, 0.717) is 31.6 Å². The summed E-state index contributed by atoms with van der Waals surface area (Å²) in [5.74, 6) is -0.290. The molecule has 0 radical (unpaired) electrons. The zero-order chi connectivity index (χ0) is 19.7. The maximum absolute atomic E-state index is 14.0. The Labute approximate surface area is 157 Å². The first kappa shape index (κ1) is 19.4. The third-order valence-electron chi connectivity index (χ3n) is 4.71. The molecule has 148 valence electrons. The van der Waals surface area contributed by atoms with Crippen molar-refractivity contribution in [1.82, 2.24) is 4.90 Å². The molecule has 1 amide bonds. The van der Waals surface area contributed by atoms with Crippen LogP contribution in [-0.2, 0) is 14.6 Å². The number of fused-ring (bicyclic) bond motifs is 1. The Balaban J connectivity index is 1.56. The second kappa shape index (κ2) is 7.34. The summed E-state index contributed by atoms with van der Waals surface area (Å²) in [4.78, 5) is 18.2. The van der Waals surface area contributed by atoms with Gasteiger partial charge in [0, 0.05) is 37.9 Å². The Morgan fingerprint density at radius 2 is 2.11 bits per heavy atom. The normalized spacial score (nSPS) is 18.4. The summed E-state index contributed by atoms with van der Waals surface area (Å²) in [7, 11) is -3.06. The van der Waals surface area contributed by atoms with Crippen molar-refractivity contribution in [2.75, 3.05) is 37.0 Å². The molecule has 0 aromatic heterocycles. The second-order valence-corrected chi connectivity index (χ2v) is 9.16. The van der Waals surface area contributed by atoms with Crippen molar-refractivity contribution < 1.29 is 22.3 Å². The predicted octanol–water partition coefficient (Wildman–Crippen LogP) is 1.32. The lowest BCUT2D eigenvalue weighted by Crippen LogP contribution is -2.52. The van der Waals surface area contributed by atoms with E-state index in [0.717, 1.165) is 6.26 Å². The number of likely N-dealkylation sites (tertiary alicyclic amines) is 1. The van der Waals surface area contributed by atoms with Crippen LogP contribution in [0, 0.1) is 5.82 Å². The quantitative estimate of drug-likeness (QED) is 0.740. The van der Waals surface area contributed by atoms with E-state index >= 15 is 0 Å². The first-order valence-electron chi connectivity index (χ1n) is 8.71. The number of aliphatic imine (C=N–C) groups is 1. The van der Waals surface area contributed by atoms with Gasteiger partial charge >= 0.3 is 6.09 Å². The molecule has 2 aliphatic rings. The molecule has 0 aliphatic carbocycles. The minimum atomic E-state index is -3.06. The number of amides is 1. The zero-order valence-electron chi connectivity index (χ0n) is 15.1. The Bertz CT molecular complexity index is 864. The van der Waals surface area contributed by atoms with Crippen LogP contribution < -0.4 is 11.1 Å². The van der Waals surface area contributed by atoms with Crippen molar-refractivity contribution in [3.05, 3.63) is 29.6 Å². The Hall–Kier alpha value is -2.36. The number of piperidine rings is 1. The molecule has 0 atom stereocenters. The van der Waals surface area contributed by atoms with Gasteiger partial charge in [-0.25, -0.2) is 22.6 Å². The van der Waals surface area contributed by atoms with Crippen LogP contribution in [0.4, 0.5) is 14.9 Å². The molecular formula is C17H23FN4O4S. The number of carbonyl (C=O) groups excluding carboxylic acids is 1. The maximum atomic E-state index is 14.0. The molecule has 0 unspecified atom stereocenters. The number of benzene rings is 1. The van der Waals surface area contributed by atoms with Crippen LogP contribution >= 0.6 is 0 Å². The molecule has 1 aromatic carbocycles. The van der Waals surface area contributed by atoms with E-state index in [2.05, 4.69) is 10.3 Å². The topological polar surface area (TPSA) is 114 Å². The molecule has 10 heteroatoms. The van der Waals surface area contributed by atoms with Crippen molar-refractivity contribution in [2.45, 2.75) is 24.9 Å². The molecule has 1 spiro atoms. The summed E-state index contributed by atoms with van der Waals surface area (Å²) in [5.41, 5.74) is 6.18. The molecule has 3 rings (SSSR count). The van der Waals surface area contributed by atoms with Crippen molar-refractivity contribution >= 4 is 27.5 Å². The van der Waals surface area contributed by atoms with Gasteiger partial charge in [-0.3, -0.25) is 0 Å². The van der Waals surface area contributed by atoms with Gasteiger partial charge in [-0.1, -0.05) is 6.07 Å². The van der Waals surface area contributed by atoms with Gasteiger partial charge < -0.3 is 20.7 Å². The lowest BCUT2D eigenvalue weighted by molar-refractivity contribution is 0.0867. The van der Waals surface area contributed by atoms with Gasteiger partial charge in [0.05, 0.1) is 17.9 Å². The lowest BCUT2D eigenvalue weighted by atomic mass is 9.94. The third-order valence-corrected chi connectivity index (χ3v) is 5.74. The number of amidine groups is 1. The number of nitrogens with one attached hydrogen (secondary N) is 1. The first-order valence-corrected chi connectivity index (χ1v) is 10.8. The summed E-state index contributed by atoms with van der Waals surface area (Å²) in [6.07, 6.45) is 1.95. The highest BCUT2D eigenvalue weighted by Crippen LogP contribution is 2.35. The average Bonchev–Trinajstić information content (AvgIpc) is 2.58. The number of hydrogen-bond acceptors (Lipinski definition) is 7. The van der Waals surface area contributed by atoms with E-state index in [9.17, 15) is 17.6 Å². The number of nitrogens with zero attached hydrogens (tertiary/aromatic N) is 2. The highest BCUT2D eigenvalue weighted by molar-refractivity contribution is 7.90. The second-order valence-electron chi connectivity index (χ2n) is 6.90. The minimum absolute atomic E-state index is 0.0166. The van der Waals surface area contributed by atoms with Crippen LogP contribution in [0.1, 0.15) is 24.8 Å². The number of halogens is 1. The number of carbonyl (C=O) groups is 1. The number of sulfone groups is 1. The van der Waals surface area contributed by atoms with Crippen LogP contribution in [0.2, 0.25) is 0 Å². The van der Waals surface area contributed by atoms with Gasteiger partial charge in [0.15, 0.2) is 0 Å². The molecule has 0 saturated carbocycles. The van der Waals surface area contributed by atoms with Crippen LogP contribution in [0.15, 0.2) is 23.2 Å². The highest BCUT2D eigenvalue weighted by Gasteiger charge is 2.39. The fourth-order valence-corrected chi connectivity index (χ4v) is 3.96. The number of ether oxygens (including phenoxy) is 1. The van der Waals surface area contributed by atoms with Crippen LogP contribution in [0.25, 0.3) is 0 Å². The van der Waals surface area contributed by atoms with Crippen molar-refractivity contribution in [3.8, 4) is 0 Å². The average molecular weight is 398 g/mol. The molecule has 1 fully saturated rings. The smallest absolute Gasteiger partial charge is 0.409 e. The van der Waals surface area contributed by atoms with Gasteiger partial charge in [-0.2, -0.15) is 0 Å². The van der Waals surface area contributed by atoms with Gasteiger partial charge in [0.2, 0.25) is 0 Å². The molecular weight excluding hydrogens is 375 g/mol. The molecule has 2 heterocycles. The first-order chi connectivity index (χ1) is 12.7. The monoisotopic (exact) mass is 398 g/mol. The fraction of sp³-hybridized carbons (Fsp3) is 0.529. The number of rotatable bonds is 4. The number of hydrogen-bond donors (Lipinski definition) is 2. The SMILES string of the molecule is CS(=O)(=O)CCCOC(=O)N1CCC2(CC1)N=C(N)c1c(F)cccc1N2. The summed E-state index contributed by atoms with van der Waals surface area (Å²) in [6, 6.07) is 4.70. The summed E-state index contributed by atoms with van der Waals surface area (Å²) >= 11 is 0. The van der Waals surface area contributed by atoms with Crippen molar-refractivity contribution in [1.29, 1.82) is 0 Å². The highest BCUT2D eigenvalue weighted by atomic mass is 32.2. The van der Waals surface area contributed by atoms with Gasteiger partial charge in [-0.05, 0) is 18.6 Å². The molecule has 2 aliphatic heterocycles. The minimum Gasteiger partial charge on any atom is -0.449 e. The third kappa shape index (κ3) is 4.49. The van der Waals surface area contributed by atoms with Crippen molar-refractivity contribution in [2.24, 2.45) is 10.7 Å². The van der Waals surface area contributed by atoms with E-state index < -0.39 is 27.4 Å². The predicted molar refractivity (Wildman–Crippen MR) is 100.0 cm³/mol. The fourth-order valence-electron chi connectivity index (χ4n) is 3.32. The Morgan fingerprint density at radius 1 is 1.41 bits per heavy atom.